The maximum atomic E-state index is 13.7. The van der Waals surface area contributed by atoms with Crippen molar-refractivity contribution < 1.29 is 29.0 Å². The largest absolute Gasteiger partial charge is 0.481 e. The Labute approximate surface area is 287 Å². The summed E-state index contributed by atoms with van der Waals surface area (Å²) in [7, 11) is 0. The van der Waals surface area contributed by atoms with Crippen LogP contribution in [0.15, 0.2) is 12.2 Å². The van der Waals surface area contributed by atoms with Crippen molar-refractivity contribution in [2.75, 3.05) is 6.61 Å². The van der Waals surface area contributed by atoms with Crippen molar-refractivity contribution in [3.8, 4) is 0 Å². The van der Waals surface area contributed by atoms with Gasteiger partial charge in [0, 0.05) is 22.9 Å². The lowest BCUT2D eigenvalue weighted by Gasteiger charge is -2.45. The molecule has 0 spiro atoms. The van der Waals surface area contributed by atoms with Crippen molar-refractivity contribution in [2.45, 2.75) is 194 Å². The van der Waals surface area contributed by atoms with Gasteiger partial charge in [0.15, 0.2) is 5.79 Å². The number of ether oxygens (including phenoxy) is 2. The Kier molecular flexibility index (Phi) is 18.0. The van der Waals surface area contributed by atoms with Crippen molar-refractivity contribution in [1.29, 1.82) is 0 Å². The number of carbonyl (C=O) groups excluding carboxylic acids is 2. The van der Waals surface area contributed by atoms with E-state index in [2.05, 4.69) is 29.7 Å². The number of hydrogen-bond acceptors (Lipinski definition) is 5. The molecule has 2 rings (SSSR count). The van der Waals surface area contributed by atoms with Crippen molar-refractivity contribution in [3.05, 3.63) is 12.2 Å². The van der Waals surface area contributed by atoms with Crippen LogP contribution in [0.3, 0.4) is 0 Å². The molecule has 3 atom stereocenters. The number of carboxylic acids is 1. The minimum absolute atomic E-state index is 0.0167. The highest BCUT2D eigenvalue weighted by molar-refractivity contribution is 5.83. The van der Waals surface area contributed by atoms with E-state index in [0.29, 0.717) is 13.0 Å². The van der Waals surface area contributed by atoms with Crippen LogP contribution in [0.4, 0.5) is 0 Å². The average Bonchev–Trinajstić information content (AvgIpc) is 3.53. The van der Waals surface area contributed by atoms with Gasteiger partial charge in [0.25, 0.3) is 0 Å². The van der Waals surface area contributed by atoms with Crippen LogP contribution < -0.4 is 10.6 Å². The summed E-state index contributed by atoms with van der Waals surface area (Å²) in [6.07, 6.45) is 23.9. The first-order valence-electron chi connectivity index (χ1n) is 19.0. The molecule has 0 radical (unpaired) electrons. The summed E-state index contributed by atoms with van der Waals surface area (Å²) in [5.74, 6) is -1.93. The molecular weight excluding hydrogens is 592 g/mol. The highest BCUT2D eigenvalue weighted by Crippen LogP contribution is 2.36. The zero-order valence-corrected chi connectivity index (χ0v) is 31.1. The molecule has 0 bridgehead atoms. The lowest BCUT2D eigenvalue weighted by atomic mass is 9.83. The van der Waals surface area contributed by atoms with Crippen LogP contribution in [0.25, 0.3) is 0 Å². The van der Waals surface area contributed by atoms with Gasteiger partial charge in [0.2, 0.25) is 11.8 Å². The molecule has 1 aliphatic heterocycles. The monoisotopic (exact) mass is 663 g/mol. The minimum Gasteiger partial charge on any atom is -0.481 e. The zero-order valence-electron chi connectivity index (χ0n) is 31.1. The van der Waals surface area contributed by atoms with Gasteiger partial charge in [-0.25, -0.2) is 0 Å². The maximum absolute atomic E-state index is 13.7. The van der Waals surface area contributed by atoms with E-state index in [0.717, 1.165) is 51.4 Å². The number of rotatable bonds is 23. The first kappa shape index (κ1) is 41.2. The molecule has 47 heavy (non-hydrogen) atoms. The van der Waals surface area contributed by atoms with Gasteiger partial charge < -0.3 is 25.2 Å². The van der Waals surface area contributed by atoms with E-state index in [-0.39, 0.29) is 30.2 Å². The number of hydrogen-bond donors (Lipinski definition) is 3. The Morgan fingerprint density at radius 1 is 0.872 bits per heavy atom. The Hall–Kier alpha value is -1.93. The fourth-order valence-corrected chi connectivity index (χ4v) is 6.98. The van der Waals surface area contributed by atoms with Crippen molar-refractivity contribution >= 4 is 17.8 Å². The molecular formula is C39H70N2O6. The van der Waals surface area contributed by atoms with E-state index >= 15 is 0 Å². The highest BCUT2D eigenvalue weighted by atomic mass is 16.7. The van der Waals surface area contributed by atoms with E-state index in [1.54, 1.807) is 13.8 Å². The van der Waals surface area contributed by atoms with Crippen molar-refractivity contribution in [3.63, 3.8) is 0 Å². The molecule has 8 heteroatoms. The second-order valence-electron chi connectivity index (χ2n) is 16.2. The van der Waals surface area contributed by atoms with Gasteiger partial charge in [-0.1, -0.05) is 111 Å². The summed E-state index contributed by atoms with van der Waals surface area (Å²) < 4.78 is 11.8. The molecule has 1 saturated carbocycles. The Balaban J connectivity index is 1.87. The first-order valence-corrected chi connectivity index (χ1v) is 19.0. The molecule has 1 aliphatic carbocycles. The third-order valence-electron chi connectivity index (χ3n) is 10.2. The number of aliphatic carboxylic acids is 1. The van der Waals surface area contributed by atoms with Crippen LogP contribution in [-0.4, -0.2) is 53.5 Å². The second kappa shape index (κ2) is 20.6. The van der Waals surface area contributed by atoms with E-state index in [9.17, 15) is 19.5 Å². The van der Waals surface area contributed by atoms with Gasteiger partial charge in [-0.2, -0.15) is 0 Å². The first-order chi connectivity index (χ1) is 22.2. The zero-order chi connectivity index (χ0) is 34.9. The van der Waals surface area contributed by atoms with Crippen LogP contribution in [0.5, 0.6) is 0 Å². The normalized spacial score (nSPS) is 21.0. The van der Waals surface area contributed by atoms with Gasteiger partial charge >= 0.3 is 5.97 Å². The van der Waals surface area contributed by atoms with Crippen LogP contribution >= 0.6 is 0 Å². The Morgan fingerprint density at radius 3 is 2.04 bits per heavy atom. The van der Waals surface area contributed by atoms with Crippen molar-refractivity contribution in [1.82, 2.24) is 10.6 Å². The average molecular weight is 663 g/mol. The molecule has 2 amide bonds. The summed E-state index contributed by atoms with van der Waals surface area (Å²) in [6.45, 7) is 14.0. The standard InChI is InChI=1S/C39H70N2O6/c1-8-9-10-11-12-13-14-15-16-17-18-19-20-23-26-37(2,3)36(45)41-32(30-24-21-22-25-30)27-31(28-33(42)43)40-35(44)34-38(4,5)29-46-39(6,7)47-34/h15-16,30-32,34H,8-14,17-29H2,1-7H3,(H,40,44)(H,41,45)(H,42,43). The lowest BCUT2D eigenvalue weighted by molar-refractivity contribution is -0.304. The molecule has 272 valence electrons. The summed E-state index contributed by atoms with van der Waals surface area (Å²) in [4.78, 5) is 39.1. The second-order valence-corrected chi connectivity index (χ2v) is 16.2. The van der Waals surface area contributed by atoms with Gasteiger partial charge in [0.05, 0.1) is 13.0 Å². The van der Waals surface area contributed by atoms with Gasteiger partial charge in [-0.3, -0.25) is 14.4 Å². The Bertz CT molecular complexity index is 969. The molecule has 3 N–H and O–H groups in total. The van der Waals surface area contributed by atoms with E-state index in [1.807, 2.05) is 27.7 Å². The Morgan fingerprint density at radius 2 is 1.45 bits per heavy atom. The summed E-state index contributed by atoms with van der Waals surface area (Å²) in [5.41, 5.74) is -1.09. The van der Waals surface area contributed by atoms with Crippen molar-refractivity contribution in [2.24, 2.45) is 16.7 Å². The van der Waals surface area contributed by atoms with Crippen LogP contribution in [0.2, 0.25) is 0 Å². The fourth-order valence-electron chi connectivity index (χ4n) is 6.98. The fraction of sp³-hybridized carbons (Fsp3) is 0.872. The quantitative estimate of drug-likeness (QED) is 0.0744. The van der Waals surface area contributed by atoms with Crippen LogP contribution in [0, 0.1) is 16.7 Å². The molecule has 1 saturated heterocycles. The molecule has 0 aromatic carbocycles. The predicted octanol–water partition coefficient (Wildman–Crippen LogP) is 8.86. The minimum atomic E-state index is -0.979. The summed E-state index contributed by atoms with van der Waals surface area (Å²) in [5, 5.41) is 16.1. The van der Waals surface area contributed by atoms with E-state index in [1.165, 1.54) is 57.8 Å². The molecule has 8 nitrogen and oxygen atoms in total. The molecule has 3 unspecified atom stereocenters. The lowest BCUT2D eigenvalue weighted by Crippen LogP contribution is -2.58. The summed E-state index contributed by atoms with van der Waals surface area (Å²) in [6, 6.07) is -0.823. The molecule has 2 fully saturated rings. The molecule has 0 aromatic heterocycles. The van der Waals surface area contributed by atoms with E-state index < -0.39 is 34.7 Å². The number of carbonyl (C=O) groups is 3. The number of nitrogens with one attached hydrogen (secondary N) is 2. The number of unbranched alkanes of at least 4 members (excludes halogenated alkanes) is 10. The van der Waals surface area contributed by atoms with Gasteiger partial charge in [0.1, 0.15) is 6.10 Å². The smallest absolute Gasteiger partial charge is 0.305 e. The van der Waals surface area contributed by atoms with E-state index in [4.69, 9.17) is 9.47 Å². The van der Waals surface area contributed by atoms with Crippen LogP contribution in [0.1, 0.15) is 170 Å². The third-order valence-corrected chi connectivity index (χ3v) is 10.2. The summed E-state index contributed by atoms with van der Waals surface area (Å²) >= 11 is 0. The maximum Gasteiger partial charge on any atom is 0.305 e. The third kappa shape index (κ3) is 15.9. The van der Waals surface area contributed by atoms with Gasteiger partial charge in [-0.05, 0) is 71.1 Å². The topological polar surface area (TPSA) is 114 Å². The predicted molar refractivity (Wildman–Crippen MR) is 190 cm³/mol. The number of amides is 2. The van der Waals surface area contributed by atoms with Gasteiger partial charge in [-0.15, -0.1) is 0 Å². The SMILES string of the molecule is CCCCCCCCC=CCCCCCCC(C)(C)C(=O)NC(CC(CC(=O)O)NC(=O)C1OC(C)(C)OCC1(C)C)C1CCCC1. The molecule has 1 heterocycles. The number of carboxylic acid groups (broad SMARTS) is 1. The van der Waals surface area contributed by atoms with Crippen LogP contribution in [-0.2, 0) is 23.9 Å². The highest BCUT2D eigenvalue weighted by Gasteiger charge is 2.46. The molecule has 2 aliphatic rings. The number of allylic oxidation sites excluding steroid dienone is 2. The molecule has 0 aromatic rings.